The molecular weight excluding hydrogens is 196 g/mol. The molecular formula is C9H14N4S. The fraction of sp³-hybridized carbons (Fsp3) is 0.556. The highest BCUT2D eigenvalue weighted by atomic mass is 32.1. The van der Waals surface area contributed by atoms with Crippen LogP contribution in [0.5, 0.6) is 0 Å². The summed E-state index contributed by atoms with van der Waals surface area (Å²) in [5.41, 5.74) is 1.02. The second-order valence-electron chi connectivity index (χ2n) is 3.30. The molecule has 0 aliphatic carbocycles. The third-order valence-electron chi connectivity index (χ3n) is 1.97. The fourth-order valence-electron chi connectivity index (χ4n) is 1.25. The van der Waals surface area contributed by atoms with Crippen LogP contribution in [0.1, 0.15) is 25.5 Å². The molecule has 0 spiro atoms. The molecule has 0 amide bonds. The number of nitrogens with zero attached hydrogens (tertiary/aromatic N) is 3. The molecule has 14 heavy (non-hydrogen) atoms. The van der Waals surface area contributed by atoms with Crippen molar-refractivity contribution in [2.45, 2.75) is 26.7 Å². The number of fused-ring (bicyclic) bond motifs is 1. The zero-order valence-electron chi connectivity index (χ0n) is 8.45. The first-order valence-corrected chi connectivity index (χ1v) is 5.68. The Labute approximate surface area is 87.0 Å². The second kappa shape index (κ2) is 3.96. The summed E-state index contributed by atoms with van der Waals surface area (Å²) >= 11 is 1.60. The number of aromatic nitrogens is 3. The van der Waals surface area contributed by atoms with Gasteiger partial charge in [-0.25, -0.2) is 9.50 Å². The molecule has 2 rings (SSSR count). The highest BCUT2D eigenvalue weighted by Gasteiger charge is 2.04. The molecule has 2 heterocycles. The van der Waals surface area contributed by atoms with Crippen molar-refractivity contribution < 1.29 is 0 Å². The minimum atomic E-state index is 0.959. The van der Waals surface area contributed by atoms with Crippen LogP contribution in [-0.2, 0) is 0 Å². The van der Waals surface area contributed by atoms with Gasteiger partial charge >= 0.3 is 0 Å². The first kappa shape index (κ1) is 9.45. The van der Waals surface area contributed by atoms with E-state index in [2.05, 4.69) is 22.3 Å². The number of nitrogens with one attached hydrogen (secondary N) is 1. The van der Waals surface area contributed by atoms with E-state index in [1.165, 1.54) is 12.8 Å². The second-order valence-corrected chi connectivity index (χ2v) is 4.25. The zero-order chi connectivity index (χ0) is 9.97. The average molecular weight is 210 g/mol. The largest absolute Gasteiger partial charge is 0.360 e. The Balaban J connectivity index is 2.08. The molecule has 0 atom stereocenters. The van der Waals surface area contributed by atoms with Crippen LogP contribution < -0.4 is 5.32 Å². The Bertz CT molecular complexity index is 386. The predicted molar refractivity (Wildman–Crippen MR) is 59.0 cm³/mol. The van der Waals surface area contributed by atoms with Crippen LogP contribution in [0.4, 0.5) is 5.13 Å². The molecule has 2 aromatic heterocycles. The highest BCUT2D eigenvalue weighted by Crippen LogP contribution is 2.18. The van der Waals surface area contributed by atoms with Gasteiger partial charge in [-0.2, -0.15) is 0 Å². The van der Waals surface area contributed by atoms with Gasteiger partial charge in [-0.1, -0.05) is 24.7 Å². The van der Waals surface area contributed by atoms with Gasteiger partial charge < -0.3 is 5.32 Å². The molecule has 1 N–H and O–H groups in total. The highest BCUT2D eigenvalue weighted by molar-refractivity contribution is 7.20. The molecule has 0 aliphatic rings. The van der Waals surface area contributed by atoms with Crippen LogP contribution in [-0.4, -0.2) is 21.1 Å². The molecule has 0 bridgehead atoms. The Morgan fingerprint density at radius 2 is 2.43 bits per heavy atom. The lowest BCUT2D eigenvalue weighted by Gasteiger charge is -1.97. The number of anilines is 1. The molecule has 4 nitrogen and oxygen atoms in total. The van der Waals surface area contributed by atoms with E-state index >= 15 is 0 Å². The van der Waals surface area contributed by atoms with Gasteiger partial charge in [-0.05, 0) is 13.3 Å². The van der Waals surface area contributed by atoms with Crippen LogP contribution in [0.25, 0.3) is 4.96 Å². The van der Waals surface area contributed by atoms with Gasteiger partial charge in [-0.15, -0.1) is 5.10 Å². The lowest BCUT2D eigenvalue weighted by Crippen LogP contribution is -2.00. The monoisotopic (exact) mass is 210 g/mol. The first-order chi connectivity index (χ1) is 6.79. The predicted octanol–water partition coefficient (Wildman–Crippen LogP) is 2.31. The van der Waals surface area contributed by atoms with Crippen molar-refractivity contribution in [1.82, 2.24) is 14.6 Å². The lowest BCUT2D eigenvalue weighted by atomic mass is 10.3. The SMILES string of the molecule is CCCCNc1nn2cc(C)nc2s1. The van der Waals surface area contributed by atoms with Crippen molar-refractivity contribution in [2.24, 2.45) is 0 Å². The van der Waals surface area contributed by atoms with E-state index < -0.39 is 0 Å². The Morgan fingerprint density at radius 3 is 3.14 bits per heavy atom. The van der Waals surface area contributed by atoms with Gasteiger partial charge in [0, 0.05) is 6.54 Å². The van der Waals surface area contributed by atoms with E-state index in [9.17, 15) is 0 Å². The van der Waals surface area contributed by atoms with Gasteiger partial charge in [0.1, 0.15) is 0 Å². The lowest BCUT2D eigenvalue weighted by molar-refractivity contribution is 0.828. The maximum atomic E-state index is 4.37. The van der Waals surface area contributed by atoms with Gasteiger partial charge in [-0.3, -0.25) is 0 Å². The van der Waals surface area contributed by atoms with E-state index in [4.69, 9.17) is 0 Å². The smallest absolute Gasteiger partial charge is 0.214 e. The maximum Gasteiger partial charge on any atom is 0.214 e. The van der Waals surface area contributed by atoms with E-state index in [1.807, 2.05) is 17.6 Å². The number of imidazole rings is 1. The average Bonchev–Trinajstić information content (AvgIpc) is 2.61. The minimum Gasteiger partial charge on any atom is -0.360 e. The van der Waals surface area contributed by atoms with Crippen molar-refractivity contribution in [1.29, 1.82) is 0 Å². The van der Waals surface area contributed by atoms with E-state index in [0.717, 1.165) is 22.3 Å². The number of hydrogen-bond acceptors (Lipinski definition) is 4. The van der Waals surface area contributed by atoms with Crippen LogP contribution in [0.15, 0.2) is 6.20 Å². The molecule has 0 saturated carbocycles. The van der Waals surface area contributed by atoms with Gasteiger partial charge in [0.2, 0.25) is 10.1 Å². The van der Waals surface area contributed by atoms with Gasteiger partial charge in [0.25, 0.3) is 0 Å². The summed E-state index contributed by atoms with van der Waals surface area (Å²) in [6.45, 7) is 5.15. The summed E-state index contributed by atoms with van der Waals surface area (Å²) in [7, 11) is 0. The summed E-state index contributed by atoms with van der Waals surface area (Å²) in [6, 6.07) is 0. The first-order valence-electron chi connectivity index (χ1n) is 4.86. The van der Waals surface area contributed by atoms with Crippen LogP contribution in [0, 0.1) is 6.92 Å². The van der Waals surface area contributed by atoms with Crippen LogP contribution >= 0.6 is 11.3 Å². The maximum absolute atomic E-state index is 4.37. The quantitative estimate of drug-likeness (QED) is 0.787. The minimum absolute atomic E-state index is 0.959. The van der Waals surface area contributed by atoms with Crippen LogP contribution in [0.2, 0.25) is 0 Å². The van der Waals surface area contributed by atoms with Crippen molar-refractivity contribution >= 4 is 21.4 Å². The molecule has 0 aromatic carbocycles. The van der Waals surface area contributed by atoms with Crippen molar-refractivity contribution in [2.75, 3.05) is 11.9 Å². The van der Waals surface area contributed by atoms with Gasteiger partial charge in [0.05, 0.1) is 11.9 Å². The Kier molecular flexibility index (Phi) is 2.67. The van der Waals surface area contributed by atoms with E-state index in [-0.39, 0.29) is 0 Å². The van der Waals surface area contributed by atoms with Gasteiger partial charge in [0.15, 0.2) is 0 Å². The van der Waals surface area contributed by atoms with Crippen LogP contribution in [0.3, 0.4) is 0 Å². The molecule has 0 unspecified atom stereocenters. The fourth-order valence-corrected chi connectivity index (χ4v) is 2.11. The van der Waals surface area contributed by atoms with Crippen molar-refractivity contribution in [3.63, 3.8) is 0 Å². The normalized spacial score (nSPS) is 11.0. The standard InChI is InChI=1S/C9H14N4S/c1-3-4-5-10-8-12-13-6-7(2)11-9(13)14-8/h6H,3-5H2,1-2H3,(H,10,12). The molecule has 0 fully saturated rings. The summed E-state index contributed by atoms with van der Waals surface area (Å²) in [6.07, 6.45) is 4.33. The van der Waals surface area contributed by atoms with Crippen molar-refractivity contribution in [3.8, 4) is 0 Å². The number of rotatable bonds is 4. The summed E-state index contributed by atoms with van der Waals surface area (Å²) in [4.78, 5) is 5.30. The van der Waals surface area contributed by atoms with E-state index in [0.29, 0.717) is 0 Å². The van der Waals surface area contributed by atoms with Crippen molar-refractivity contribution in [3.05, 3.63) is 11.9 Å². The third-order valence-corrected chi connectivity index (χ3v) is 2.85. The molecule has 0 saturated heterocycles. The molecule has 2 aromatic rings. The third kappa shape index (κ3) is 1.87. The topological polar surface area (TPSA) is 42.2 Å². The summed E-state index contributed by atoms with van der Waals surface area (Å²) < 4.78 is 1.83. The summed E-state index contributed by atoms with van der Waals surface area (Å²) in [5.74, 6) is 0. The summed E-state index contributed by atoms with van der Waals surface area (Å²) in [5, 5.41) is 8.61. The number of hydrogen-bond donors (Lipinski definition) is 1. The molecule has 0 aliphatic heterocycles. The number of unbranched alkanes of at least 4 members (excludes halogenated alkanes) is 1. The Morgan fingerprint density at radius 1 is 1.57 bits per heavy atom. The zero-order valence-corrected chi connectivity index (χ0v) is 9.27. The molecule has 5 heteroatoms. The molecule has 76 valence electrons. The Hall–Kier alpha value is -1.10. The number of aryl methyl sites for hydroxylation is 1. The molecule has 0 radical (unpaired) electrons. The van der Waals surface area contributed by atoms with E-state index in [1.54, 1.807) is 11.3 Å².